The van der Waals surface area contributed by atoms with Crippen molar-refractivity contribution < 1.29 is 18.3 Å². The minimum absolute atomic E-state index is 0.0782. The van der Waals surface area contributed by atoms with Gasteiger partial charge in [-0.25, -0.2) is 14.8 Å². The molecule has 2 aromatic heterocycles. The highest BCUT2D eigenvalue weighted by Crippen LogP contribution is 2.29. The second-order valence-electron chi connectivity index (χ2n) is 6.65. The summed E-state index contributed by atoms with van der Waals surface area (Å²) in [5.74, 6) is -0.619. The van der Waals surface area contributed by atoms with Gasteiger partial charge in [-0.05, 0) is 25.5 Å². The summed E-state index contributed by atoms with van der Waals surface area (Å²) in [6.07, 6.45) is 3.46. The zero-order valence-corrected chi connectivity index (χ0v) is 16.1. The van der Waals surface area contributed by atoms with Crippen molar-refractivity contribution in [3.8, 4) is 11.3 Å². The summed E-state index contributed by atoms with van der Waals surface area (Å²) in [7, 11) is -0.457. The van der Waals surface area contributed by atoms with Crippen LogP contribution in [0.1, 0.15) is 34.2 Å². The molecule has 9 nitrogen and oxygen atoms in total. The highest BCUT2D eigenvalue weighted by Gasteiger charge is 2.34. The molecule has 0 radical (unpaired) electrons. The standard InChI is InChI=1S/C17H21N5O4S/c1-11-6-15(13-7-14(17(23)24)9-18-8-13)20-16(19-11)12-4-5-22(10-12)27(25,26)21(2)3/h6-9,12H,4-5,10H2,1-3H3,(H,23,24)/t12-/m1/s1. The normalized spacial score (nSPS) is 18.1. The molecule has 1 atom stereocenters. The van der Waals surface area contributed by atoms with E-state index in [4.69, 9.17) is 5.11 Å². The van der Waals surface area contributed by atoms with Gasteiger partial charge in [-0.1, -0.05) is 0 Å². The fraction of sp³-hybridized carbons (Fsp3) is 0.412. The second-order valence-corrected chi connectivity index (χ2v) is 8.80. The van der Waals surface area contributed by atoms with Gasteiger partial charge in [-0.3, -0.25) is 4.98 Å². The fourth-order valence-electron chi connectivity index (χ4n) is 3.00. The van der Waals surface area contributed by atoms with Gasteiger partial charge in [0.25, 0.3) is 10.2 Å². The molecule has 1 saturated heterocycles. The van der Waals surface area contributed by atoms with Gasteiger partial charge in [0, 0.05) is 56.8 Å². The van der Waals surface area contributed by atoms with Gasteiger partial charge in [0.1, 0.15) is 5.82 Å². The summed E-state index contributed by atoms with van der Waals surface area (Å²) in [6.45, 7) is 2.55. The molecule has 3 heterocycles. The number of aromatic carboxylic acids is 1. The van der Waals surface area contributed by atoms with Crippen molar-refractivity contribution >= 4 is 16.2 Å². The van der Waals surface area contributed by atoms with Crippen LogP contribution in [-0.2, 0) is 10.2 Å². The minimum Gasteiger partial charge on any atom is -0.478 e. The first kappa shape index (κ1) is 19.3. The van der Waals surface area contributed by atoms with Gasteiger partial charge in [-0.2, -0.15) is 17.0 Å². The first-order chi connectivity index (χ1) is 12.7. The summed E-state index contributed by atoms with van der Waals surface area (Å²) >= 11 is 0. The lowest BCUT2D eigenvalue weighted by Gasteiger charge is -2.20. The van der Waals surface area contributed by atoms with Crippen LogP contribution in [0.25, 0.3) is 11.3 Å². The number of carbonyl (C=O) groups is 1. The number of carboxylic acid groups (broad SMARTS) is 1. The van der Waals surface area contributed by atoms with E-state index in [-0.39, 0.29) is 11.5 Å². The first-order valence-corrected chi connectivity index (χ1v) is 9.80. The number of rotatable bonds is 5. The van der Waals surface area contributed by atoms with Gasteiger partial charge < -0.3 is 5.11 Å². The van der Waals surface area contributed by atoms with Crippen molar-refractivity contribution in [3.05, 3.63) is 41.6 Å². The molecule has 1 N–H and O–H groups in total. The van der Waals surface area contributed by atoms with E-state index in [0.717, 1.165) is 5.69 Å². The maximum atomic E-state index is 12.3. The SMILES string of the molecule is Cc1cc(-c2cncc(C(=O)O)c2)nc([C@@H]2CCN(S(=O)(=O)N(C)C)C2)n1. The molecule has 0 spiro atoms. The molecule has 27 heavy (non-hydrogen) atoms. The van der Waals surface area contributed by atoms with E-state index in [2.05, 4.69) is 15.0 Å². The molecule has 1 fully saturated rings. The van der Waals surface area contributed by atoms with Crippen LogP contribution in [0, 0.1) is 6.92 Å². The van der Waals surface area contributed by atoms with E-state index in [0.29, 0.717) is 36.6 Å². The molecule has 3 rings (SSSR count). The molecule has 144 valence electrons. The Labute approximate surface area is 157 Å². The quantitative estimate of drug-likeness (QED) is 0.812. The maximum absolute atomic E-state index is 12.3. The Bertz CT molecular complexity index is 977. The average molecular weight is 391 g/mol. The fourth-order valence-corrected chi connectivity index (χ4v) is 4.16. The van der Waals surface area contributed by atoms with Gasteiger partial charge in [0.2, 0.25) is 0 Å². The van der Waals surface area contributed by atoms with Crippen molar-refractivity contribution in [3.63, 3.8) is 0 Å². The zero-order chi connectivity index (χ0) is 19.8. The summed E-state index contributed by atoms with van der Waals surface area (Å²) in [5.41, 5.74) is 1.96. The number of hydrogen-bond acceptors (Lipinski definition) is 6. The van der Waals surface area contributed by atoms with Gasteiger partial charge in [0.05, 0.1) is 11.3 Å². The van der Waals surface area contributed by atoms with Crippen LogP contribution in [0.3, 0.4) is 0 Å². The summed E-state index contributed by atoms with van der Waals surface area (Å²) in [5, 5.41) is 9.15. The van der Waals surface area contributed by atoms with E-state index in [1.54, 1.807) is 12.3 Å². The van der Waals surface area contributed by atoms with Crippen molar-refractivity contribution in [2.45, 2.75) is 19.3 Å². The summed E-state index contributed by atoms with van der Waals surface area (Å²) in [6, 6.07) is 3.27. The number of carboxylic acids is 1. The van der Waals surface area contributed by atoms with Gasteiger partial charge in [0.15, 0.2) is 0 Å². The van der Waals surface area contributed by atoms with Crippen LogP contribution in [0.2, 0.25) is 0 Å². The van der Waals surface area contributed by atoms with Crippen molar-refractivity contribution in [1.29, 1.82) is 0 Å². The molecule has 0 bridgehead atoms. The van der Waals surface area contributed by atoms with Crippen molar-refractivity contribution in [2.24, 2.45) is 0 Å². The van der Waals surface area contributed by atoms with Crippen LogP contribution in [-0.4, -0.2) is 70.2 Å². The summed E-state index contributed by atoms with van der Waals surface area (Å²) < 4.78 is 27.2. The molecule has 0 amide bonds. The molecule has 0 saturated carbocycles. The lowest BCUT2D eigenvalue weighted by Crippen LogP contribution is -2.38. The monoisotopic (exact) mass is 391 g/mol. The smallest absolute Gasteiger partial charge is 0.337 e. The van der Waals surface area contributed by atoms with Crippen LogP contribution in [0.5, 0.6) is 0 Å². The zero-order valence-electron chi connectivity index (χ0n) is 15.3. The molecule has 1 aliphatic rings. The third-order valence-corrected chi connectivity index (χ3v) is 6.36. The van der Waals surface area contributed by atoms with Crippen molar-refractivity contribution in [2.75, 3.05) is 27.2 Å². The number of aromatic nitrogens is 3. The lowest BCUT2D eigenvalue weighted by molar-refractivity contribution is 0.0696. The molecular weight excluding hydrogens is 370 g/mol. The largest absolute Gasteiger partial charge is 0.478 e. The van der Waals surface area contributed by atoms with E-state index in [9.17, 15) is 13.2 Å². The Balaban J connectivity index is 1.91. The number of aryl methyl sites for hydroxylation is 1. The minimum atomic E-state index is -3.47. The topological polar surface area (TPSA) is 117 Å². The average Bonchev–Trinajstić information content (AvgIpc) is 3.12. The number of pyridine rings is 1. The number of hydrogen-bond donors (Lipinski definition) is 1. The molecule has 0 unspecified atom stereocenters. The predicted octanol–water partition coefficient (Wildman–Crippen LogP) is 1.14. The third kappa shape index (κ3) is 3.97. The number of nitrogens with zero attached hydrogens (tertiary/aromatic N) is 5. The predicted molar refractivity (Wildman–Crippen MR) is 98.5 cm³/mol. The Morgan fingerprint density at radius 3 is 2.67 bits per heavy atom. The van der Waals surface area contributed by atoms with E-state index in [1.165, 1.54) is 35.0 Å². The molecule has 1 aliphatic heterocycles. The van der Waals surface area contributed by atoms with Crippen LogP contribution in [0.15, 0.2) is 24.5 Å². The highest BCUT2D eigenvalue weighted by molar-refractivity contribution is 7.86. The molecule has 10 heteroatoms. The highest BCUT2D eigenvalue weighted by atomic mass is 32.2. The lowest BCUT2D eigenvalue weighted by atomic mass is 10.1. The Morgan fingerprint density at radius 2 is 2.00 bits per heavy atom. The Hall–Kier alpha value is -2.43. The first-order valence-electron chi connectivity index (χ1n) is 8.40. The van der Waals surface area contributed by atoms with E-state index < -0.39 is 16.2 Å². The maximum Gasteiger partial charge on any atom is 0.337 e. The second kappa shape index (κ2) is 7.29. The van der Waals surface area contributed by atoms with E-state index >= 15 is 0 Å². The van der Waals surface area contributed by atoms with Gasteiger partial charge in [-0.15, -0.1) is 0 Å². The van der Waals surface area contributed by atoms with Crippen LogP contribution >= 0.6 is 0 Å². The van der Waals surface area contributed by atoms with Crippen LogP contribution < -0.4 is 0 Å². The van der Waals surface area contributed by atoms with Crippen molar-refractivity contribution in [1.82, 2.24) is 23.6 Å². The molecular formula is C17H21N5O4S. The molecule has 0 aliphatic carbocycles. The molecule has 2 aromatic rings. The van der Waals surface area contributed by atoms with E-state index in [1.807, 2.05) is 6.92 Å². The Morgan fingerprint density at radius 1 is 1.26 bits per heavy atom. The summed E-state index contributed by atoms with van der Waals surface area (Å²) in [4.78, 5) is 24.2. The molecule has 0 aromatic carbocycles. The Kier molecular flexibility index (Phi) is 5.22. The third-order valence-electron chi connectivity index (χ3n) is 4.46. The van der Waals surface area contributed by atoms with Gasteiger partial charge >= 0.3 is 5.97 Å². The van der Waals surface area contributed by atoms with Crippen LogP contribution in [0.4, 0.5) is 0 Å².